The number of benzene rings is 2. The molecule has 0 N–H and O–H groups in total. The van der Waals surface area contributed by atoms with Gasteiger partial charge in [-0.3, -0.25) is 4.90 Å². The zero-order chi connectivity index (χ0) is 21.1. The lowest BCUT2D eigenvalue weighted by molar-refractivity contribution is 0.0750. The third-order valence-electron chi connectivity index (χ3n) is 8.70. The van der Waals surface area contributed by atoms with Crippen molar-refractivity contribution in [3.63, 3.8) is 0 Å². The number of piperidine rings is 1. The van der Waals surface area contributed by atoms with Crippen molar-refractivity contribution in [2.45, 2.75) is 63.3 Å². The summed E-state index contributed by atoms with van der Waals surface area (Å²) in [6.45, 7) is 3.49. The number of nitriles is 1. The highest BCUT2D eigenvalue weighted by atomic mass is 15.1. The molecule has 0 amide bonds. The first-order chi connectivity index (χ1) is 15.3. The highest BCUT2D eigenvalue weighted by molar-refractivity contribution is 5.34. The zero-order valence-electron chi connectivity index (χ0n) is 18.8. The first-order valence-corrected chi connectivity index (χ1v) is 12.5. The number of rotatable bonds is 6. The molecular weight excluding hydrogens is 376 g/mol. The average molecular weight is 413 g/mol. The Morgan fingerprint density at radius 3 is 2.03 bits per heavy atom. The molecule has 2 bridgehead atoms. The summed E-state index contributed by atoms with van der Waals surface area (Å²) >= 11 is 0. The van der Waals surface area contributed by atoms with E-state index in [0.29, 0.717) is 11.8 Å². The summed E-state index contributed by atoms with van der Waals surface area (Å²) in [5.41, 5.74) is 2.42. The molecule has 162 valence electrons. The van der Waals surface area contributed by atoms with Crippen molar-refractivity contribution in [2.75, 3.05) is 13.1 Å². The second kappa shape index (κ2) is 9.17. The van der Waals surface area contributed by atoms with E-state index >= 15 is 0 Å². The fourth-order valence-electron chi connectivity index (χ4n) is 7.16. The number of nitrogens with zero attached hydrogens (tertiary/aromatic N) is 2. The molecule has 5 rings (SSSR count). The van der Waals surface area contributed by atoms with E-state index < -0.39 is 0 Å². The third kappa shape index (κ3) is 4.18. The Kier molecular flexibility index (Phi) is 6.15. The smallest absolute Gasteiger partial charge is 0.0853 e. The molecule has 3 unspecified atom stereocenters. The van der Waals surface area contributed by atoms with Crippen molar-refractivity contribution in [1.29, 1.82) is 5.26 Å². The number of hydrogen-bond acceptors (Lipinski definition) is 2. The number of hydrogen-bond donors (Lipinski definition) is 0. The van der Waals surface area contributed by atoms with Crippen molar-refractivity contribution in [3.05, 3.63) is 71.8 Å². The normalized spacial score (nSPS) is 28.7. The molecule has 2 aromatic rings. The average Bonchev–Trinajstić information content (AvgIpc) is 3.06. The van der Waals surface area contributed by atoms with Gasteiger partial charge in [0.05, 0.1) is 11.5 Å². The Morgan fingerprint density at radius 1 is 0.806 bits per heavy atom. The molecule has 31 heavy (non-hydrogen) atoms. The third-order valence-corrected chi connectivity index (χ3v) is 8.70. The monoisotopic (exact) mass is 412 g/mol. The fraction of sp³-hybridized carbons (Fsp3) is 0.552. The molecule has 3 aliphatic rings. The van der Waals surface area contributed by atoms with Gasteiger partial charge in [-0.2, -0.15) is 5.26 Å². The minimum Gasteiger partial charge on any atom is -0.299 e. The summed E-state index contributed by atoms with van der Waals surface area (Å²) in [5.74, 6) is 2.73. The lowest BCUT2D eigenvalue weighted by Crippen LogP contribution is -2.46. The van der Waals surface area contributed by atoms with Crippen LogP contribution in [0.5, 0.6) is 0 Å². The van der Waals surface area contributed by atoms with Gasteiger partial charge < -0.3 is 0 Å². The fourth-order valence-corrected chi connectivity index (χ4v) is 7.16. The Hall–Kier alpha value is -2.11. The van der Waals surface area contributed by atoms with Gasteiger partial charge in [0.1, 0.15) is 0 Å². The molecule has 2 aromatic carbocycles. The van der Waals surface area contributed by atoms with Crippen LogP contribution in [-0.2, 0) is 12.0 Å². The maximum atomic E-state index is 10.7. The number of fused-ring (bicyclic) bond motifs is 2. The van der Waals surface area contributed by atoms with Gasteiger partial charge >= 0.3 is 0 Å². The summed E-state index contributed by atoms with van der Waals surface area (Å²) in [4.78, 5) is 2.69. The minimum absolute atomic E-state index is 0.297. The van der Waals surface area contributed by atoms with E-state index in [4.69, 9.17) is 0 Å². The zero-order valence-corrected chi connectivity index (χ0v) is 18.8. The summed E-state index contributed by atoms with van der Waals surface area (Å²) < 4.78 is 0. The minimum atomic E-state index is -0.297. The van der Waals surface area contributed by atoms with E-state index in [9.17, 15) is 5.26 Å². The van der Waals surface area contributed by atoms with Gasteiger partial charge in [0, 0.05) is 19.6 Å². The van der Waals surface area contributed by atoms with Crippen molar-refractivity contribution in [2.24, 2.45) is 23.7 Å². The lowest BCUT2D eigenvalue weighted by atomic mass is 9.60. The van der Waals surface area contributed by atoms with Gasteiger partial charge in [0.15, 0.2) is 0 Å². The Balaban J connectivity index is 1.37. The second-order valence-electron chi connectivity index (χ2n) is 10.4. The van der Waals surface area contributed by atoms with E-state index in [-0.39, 0.29) is 5.41 Å². The van der Waals surface area contributed by atoms with E-state index in [1.54, 1.807) is 0 Å². The largest absolute Gasteiger partial charge is 0.299 e. The van der Waals surface area contributed by atoms with Crippen molar-refractivity contribution in [1.82, 2.24) is 4.90 Å². The van der Waals surface area contributed by atoms with Crippen molar-refractivity contribution >= 4 is 0 Å². The van der Waals surface area contributed by atoms with E-state index in [1.165, 1.54) is 69.2 Å². The molecule has 1 saturated heterocycles. The molecule has 3 atom stereocenters. The quantitative estimate of drug-likeness (QED) is 0.536. The summed E-state index contributed by atoms with van der Waals surface area (Å²) in [5, 5.41) is 10.7. The molecule has 2 nitrogen and oxygen atoms in total. The molecule has 2 saturated carbocycles. The Labute approximate surface area is 188 Å². The SMILES string of the molecule is N#CC(CC1C2CCC1CN(Cc1ccccc1)C2)(c1ccccc1)C1CCCCC1. The highest BCUT2D eigenvalue weighted by Crippen LogP contribution is 2.52. The van der Waals surface area contributed by atoms with Crippen LogP contribution in [0.1, 0.15) is 62.5 Å². The summed E-state index contributed by atoms with van der Waals surface area (Å²) in [6, 6.07) is 24.7. The summed E-state index contributed by atoms with van der Waals surface area (Å²) in [6.07, 6.45) is 10.2. The first kappa shape index (κ1) is 20.8. The van der Waals surface area contributed by atoms with Gasteiger partial charge in [0.2, 0.25) is 0 Å². The van der Waals surface area contributed by atoms with Crippen molar-refractivity contribution < 1.29 is 0 Å². The van der Waals surface area contributed by atoms with Gasteiger partial charge in [0.25, 0.3) is 0 Å². The van der Waals surface area contributed by atoms with E-state index in [0.717, 1.165) is 24.8 Å². The second-order valence-corrected chi connectivity index (χ2v) is 10.4. The van der Waals surface area contributed by atoms with Crippen LogP contribution in [0, 0.1) is 35.0 Å². The molecule has 1 aliphatic heterocycles. The van der Waals surface area contributed by atoms with Crippen LogP contribution in [0.2, 0.25) is 0 Å². The standard InChI is InChI=1S/C29H36N2/c30-22-29(26-12-6-2-7-13-26,27-14-8-3-9-15-27)18-28-24-16-17-25(28)21-31(20-24)19-23-10-4-1-5-11-23/h1-2,4-7,10-13,24-25,27-28H,3,8-9,14-21H2. The summed E-state index contributed by atoms with van der Waals surface area (Å²) in [7, 11) is 0. The molecule has 3 fully saturated rings. The Bertz CT molecular complexity index is 866. The van der Waals surface area contributed by atoms with Gasteiger partial charge in [-0.1, -0.05) is 79.9 Å². The van der Waals surface area contributed by atoms with E-state index in [2.05, 4.69) is 71.6 Å². The Morgan fingerprint density at radius 2 is 1.42 bits per heavy atom. The van der Waals surface area contributed by atoms with E-state index in [1.807, 2.05) is 0 Å². The maximum Gasteiger partial charge on any atom is 0.0853 e. The highest BCUT2D eigenvalue weighted by Gasteiger charge is 2.49. The van der Waals surface area contributed by atoms with Gasteiger partial charge in [-0.05, 0) is 66.9 Å². The lowest BCUT2D eigenvalue weighted by Gasteiger charge is -2.45. The van der Waals surface area contributed by atoms with Gasteiger partial charge in [-0.15, -0.1) is 0 Å². The van der Waals surface area contributed by atoms with Crippen LogP contribution >= 0.6 is 0 Å². The predicted octanol–water partition coefficient (Wildman–Crippen LogP) is 6.58. The van der Waals surface area contributed by atoms with Crippen LogP contribution in [0.3, 0.4) is 0 Å². The molecular formula is C29H36N2. The van der Waals surface area contributed by atoms with Crippen molar-refractivity contribution in [3.8, 4) is 6.07 Å². The maximum absolute atomic E-state index is 10.7. The molecule has 2 aliphatic carbocycles. The predicted molar refractivity (Wildman–Crippen MR) is 126 cm³/mol. The van der Waals surface area contributed by atoms with Crippen LogP contribution in [0.15, 0.2) is 60.7 Å². The molecule has 2 heteroatoms. The first-order valence-electron chi connectivity index (χ1n) is 12.5. The molecule has 1 heterocycles. The molecule has 0 radical (unpaired) electrons. The van der Waals surface area contributed by atoms with Crippen LogP contribution in [0.25, 0.3) is 0 Å². The number of likely N-dealkylation sites (tertiary alicyclic amines) is 1. The van der Waals surface area contributed by atoms with Crippen LogP contribution in [0.4, 0.5) is 0 Å². The topological polar surface area (TPSA) is 27.0 Å². The van der Waals surface area contributed by atoms with Crippen LogP contribution in [-0.4, -0.2) is 18.0 Å². The molecule has 0 spiro atoms. The van der Waals surface area contributed by atoms with Gasteiger partial charge in [-0.25, -0.2) is 0 Å². The van der Waals surface area contributed by atoms with Crippen LogP contribution < -0.4 is 0 Å². The molecule has 0 aromatic heterocycles.